The highest BCUT2D eigenvalue weighted by Gasteiger charge is 2.40. The van der Waals surface area contributed by atoms with Gasteiger partial charge in [0.05, 0.1) is 54.5 Å². The number of hydrogen-bond donors (Lipinski definition) is 2. The van der Waals surface area contributed by atoms with E-state index >= 15 is 0 Å². The third-order valence-corrected chi connectivity index (χ3v) is 9.60. The molecule has 194 valence electrons. The standard InChI is InChI=1S/C22H22O10S4/c1-5-29-17(25)9(18(26)30-6-2)21-33-13-11(23)15-16(12(24)14(13)34-21)36-22(35-15)10(19(27)31-7-3)20(28)32-8-4/h23-24H,5-8H2,1-4H3. The van der Waals surface area contributed by atoms with Crippen molar-refractivity contribution in [3.05, 3.63) is 19.6 Å². The summed E-state index contributed by atoms with van der Waals surface area (Å²) in [5.41, 5.74) is -0.673. The maximum absolute atomic E-state index is 12.5. The molecule has 0 amide bonds. The van der Waals surface area contributed by atoms with E-state index in [1.165, 1.54) is 0 Å². The van der Waals surface area contributed by atoms with E-state index in [1.807, 2.05) is 0 Å². The molecule has 0 bridgehead atoms. The third-order valence-electron chi connectivity index (χ3n) is 4.38. The highest BCUT2D eigenvalue weighted by atomic mass is 32.2. The van der Waals surface area contributed by atoms with Gasteiger partial charge in [0, 0.05) is 0 Å². The van der Waals surface area contributed by atoms with Gasteiger partial charge in [-0.2, -0.15) is 0 Å². The molecule has 0 unspecified atom stereocenters. The molecule has 3 rings (SSSR count). The summed E-state index contributed by atoms with van der Waals surface area (Å²) < 4.78 is 20.3. The molecule has 0 aliphatic carbocycles. The van der Waals surface area contributed by atoms with Crippen LogP contribution >= 0.6 is 47.0 Å². The second-order valence-corrected chi connectivity index (χ2v) is 11.2. The Kier molecular flexibility index (Phi) is 9.55. The van der Waals surface area contributed by atoms with E-state index in [2.05, 4.69) is 0 Å². The Bertz CT molecular complexity index is 1020. The van der Waals surface area contributed by atoms with Crippen molar-refractivity contribution in [1.82, 2.24) is 0 Å². The fraction of sp³-hybridized carbons (Fsp3) is 0.364. The van der Waals surface area contributed by atoms with Crippen LogP contribution in [0.3, 0.4) is 0 Å². The molecule has 2 aliphatic heterocycles. The molecular weight excluding hydrogens is 553 g/mol. The molecule has 0 spiro atoms. The molecule has 10 nitrogen and oxygen atoms in total. The average molecular weight is 575 g/mol. The van der Waals surface area contributed by atoms with Gasteiger partial charge < -0.3 is 29.2 Å². The lowest BCUT2D eigenvalue weighted by Crippen LogP contribution is -2.19. The van der Waals surface area contributed by atoms with Crippen molar-refractivity contribution >= 4 is 70.9 Å². The van der Waals surface area contributed by atoms with Crippen molar-refractivity contribution in [3.63, 3.8) is 0 Å². The number of thioether (sulfide) groups is 4. The molecule has 0 radical (unpaired) electrons. The Morgan fingerprint density at radius 2 is 0.750 bits per heavy atom. The number of phenolic OH excluding ortho intramolecular Hbond substituents is 2. The van der Waals surface area contributed by atoms with E-state index in [0.29, 0.717) is 0 Å². The first-order chi connectivity index (χ1) is 17.2. The SMILES string of the molecule is CCOC(=O)C(C(=O)OCC)=C1Sc2c(O)c3c(c(O)c2S1)SC(=C(C(=O)OCC)C(=O)OCC)S3. The molecule has 0 saturated heterocycles. The predicted octanol–water partition coefficient (Wildman–Crippen LogP) is 4.17. The zero-order valence-electron chi connectivity index (χ0n) is 19.6. The number of aromatic hydroxyl groups is 2. The van der Waals surface area contributed by atoms with Gasteiger partial charge in [0.2, 0.25) is 0 Å². The average Bonchev–Trinajstić information content (AvgIpc) is 3.44. The van der Waals surface area contributed by atoms with Crippen LogP contribution in [0.1, 0.15) is 27.7 Å². The second kappa shape index (κ2) is 12.2. The van der Waals surface area contributed by atoms with Crippen LogP contribution in [0.5, 0.6) is 11.5 Å². The van der Waals surface area contributed by atoms with Crippen LogP contribution in [0.15, 0.2) is 39.2 Å². The van der Waals surface area contributed by atoms with E-state index in [1.54, 1.807) is 27.7 Å². The first-order valence-corrected chi connectivity index (χ1v) is 14.0. The van der Waals surface area contributed by atoms with Gasteiger partial charge in [-0.1, -0.05) is 47.0 Å². The van der Waals surface area contributed by atoms with E-state index in [4.69, 9.17) is 18.9 Å². The van der Waals surface area contributed by atoms with Crippen LogP contribution < -0.4 is 0 Å². The van der Waals surface area contributed by atoms with E-state index < -0.39 is 23.9 Å². The number of hydrogen-bond acceptors (Lipinski definition) is 14. The number of ether oxygens (including phenoxy) is 4. The van der Waals surface area contributed by atoms with Crippen LogP contribution in [0.2, 0.25) is 0 Å². The smallest absolute Gasteiger partial charge is 0.347 e. The quantitative estimate of drug-likeness (QED) is 0.114. The Morgan fingerprint density at radius 1 is 0.528 bits per heavy atom. The molecular formula is C22H22O10S4. The van der Waals surface area contributed by atoms with Gasteiger partial charge >= 0.3 is 23.9 Å². The van der Waals surface area contributed by atoms with E-state index in [0.717, 1.165) is 47.0 Å². The van der Waals surface area contributed by atoms with Crippen molar-refractivity contribution in [2.75, 3.05) is 26.4 Å². The lowest BCUT2D eigenvalue weighted by molar-refractivity contribution is -0.148. The van der Waals surface area contributed by atoms with Gasteiger partial charge in [-0.15, -0.1) is 0 Å². The summed E-state index contributed by atoms with van der Waals surface area (Å²) in [6.45, 7) is 6.52. The number of esters is 4. The summed E-state index contributed by atoms with van der Waals surface area (Å²) in [4.78, 5) is 50.8. The zero-order valence-corrected chi connectivity index (χ0v) is 22.9. The molecule has 14 heteroatoms. The van der Waals surface area contributed by atoms with E-state index in [-0.39, 0.29) is 77.1 Å². The topological polar surface area (TPSA) is 146 Å². The Hall–Kier alpha value is -2.42. The van der Waals surface area contributed by atoms with Crippen LogP contribution in [0.25, 0.3) is 0 Å². The number of carbonyl (C=O) groups is 4. The van der Waals surface area contributed by atoms with Crippen LogP contribution in [0.4, 0.5) is 0 Å². The molecule has 2 N–H and O–H groups in total. The maximum Gasteiger partial charge on any atom is 0.347 e. The first-order valence-electron chi connectivity index (χ1n) is 10.7. The first kappa shape index (κ1) is 28.2. The summed E-state index contributed by atoms with van der Waals surface area (Å²) in [5, 5.41) is 22.1. The van der Waals surface area contributed by atoms with Gasteiger partial charge in [-0.3, -0.25) is 0 Å². The summed E-state index contributed by atoms with van der Waals surface area (Å²) in [6.07, 6.45) is 0. The maximum atomic E-state index is 12.5. The number of fused-ring (bicyclic) bond motifs is 2. The predicted molar refractivity (Wildman–Crippen MR) is 134 cm³/mol. The van der Waals surface area contributed by atoms with Crippen molar-refractivity contribution < 1.29 is 48.3 Å². The summed E-state index contributed by atoms with van der Waals surface area (Å²) in [6, 6.07) is 0. The molecule has 36 heavy (non-hydrogen) atoms. The van der Waals surface area contributed by atoms with Crippen LogP contribution in [-0.2, 0) is 38.1 Å². The van der Waals surface area contributed by atoms with Gasteiger partial charge in [-0.25, -0.2) is 19.2 Å². The van der Waals surface area contributed by atoms with Gasteiger partial charge in [0.1, 0.15) is 11.5 Å². The minimum atomic E-state index is -0.882. The molecule has 1 aromatic rings. The minimum absolute atomic E-state index is 0.0355. The van der Waals surface area contributed by atoms with Gasteiger partial charge in [0.15, 0.2) is 11.1 Å². The molecule has 0 saturated carbocycles. The fourth-order valence-corrected chi connectivity index (χ4v) is 8.28. The normalized spacial score (nSPS) is 13.6. The number of carbonyl (C=O) groups excluding carboxylic acids is 4. The van der Waals surface area contributed by atoms with Crippen molar-refractivity contribution in [2.45, 2.75) is 47.3 Å². The lowest BCUT2D eigenvalue weighted by Gasteiger charge is -2.09. The van der Waals surface area contributed by atoms with E-state index in [9.17, 15) is 29.4 Å². The molecule has 0 atom stereocenters. The van der Waals surface area contributed by atoms with Crippen LogP contribution in [-0.4, -0.2) is 60.5 Å². The molecule has 2 heterocycles. The Labute approximate surface area is 223 Å². The Morgan fingerprint density at radius 3 is 0.944 bits per heavy atom. The summed E-state index contributed by atoms with van der Waals surface area (Å²) in [5.74, 6) is -4.00. The number of rotatable bonds is 8. The Balaban J connectivity index is 2.07. The van der Waals surface area contributed by atoms with Gasteiger partial charge in [-0.05, 0) is 27.7 Å². The summed E-state index contributed by atoms with van der Waals surface area (Å²) in [7, 11) is 0. The monoisotopic (exact) mass is 574 g/mol. The highest BCUT2D eigenvalue weighted by Crippen LogP contribution is 2.67. The minimum Gasteiger partial charge on any atom is -0.505 e. The van der Waals surface area contributed by atoms with Crippen molar-refractivity contribution in [3.8, 4) is 11.5 Å². The number of phenols is 2. The molecule has 2 aliphatic rings. The molecule has 0 fully saturated rings. The summed E-state index contributed by atoms with van der Waals surface area (Å²) >= 11 is 3.63. The molecule has 1 aromatic carbocycles. The van der Waals surface area contributed by atoms with Gasteiger partial charge in [0.25, 0.3) is 0 Å². The fourth-order valence-electron chi connectivity index (χ4n) is 2.94. The second-order valence-electron chi connectivity index (χ2n) is 6.63. The number of benzene rings is 1. The molecule has 0 aromatic heterocycles. The highest BCUT2D eigenvalue weighted by molar-refractivity contribution is 8.26. The van der Waals surface area contributed by atoms with Crippen molar-refractivity contribution in [1.29, 1.82) is 0 Å². The van der Waals surface area contributed by atoms with Crippen LogP contribution in [0, 0.1) is 0 Å². The van der Waals surface area contributed by atoms with Crippen molar-refractivity contribution in [2.24, 2.45) is 0 Å². The third kappa shape index (κ3) is 5.45. The lowest BCUT2D eigenvalue weighted by atomic mass is 10.3. The largest absolute Gasteiger partial charge is 0.505 e. The zero-order chi connectivity index (χ0) is 26.6.